The van der Waals surface area contributed by atoms with Gasteiger partial charge in [-0.3, -0.25) is 4.90 Å². The molecule has 0 N–H and O–H groups in total. The molecule has 1 rings (SSSR count). The fraction of sp³-hybridized carbons (Fsp3) is 1.00. The van der Waals surface area contributed by atoms with Crippen molar-refractivity contribution in [2.75, 3.05) is 27.2 Å². The Morgan fingerprint density at radius 1 is 0.875 bits per heavy atom. The largest absolute Gasteiger partial charge is 0.288 e. The van der Waals surface area contributed by atoms with Gasteiger partial charge in [-0.25, -0.2) is 10.0 Å². The lowest BCUT2D eigenvalue weighted by molar-refractivity contribution is -0.210. The fourth-order valence-corrected chi connectivity index (χ4v) is 2.81. The van der Waals surface area contributed by atoms with Gasteiger partial charge in [-0.05, 0) is 33.2 Å². The Kier molecular flexibility index (Phi) is 3.73. The van der Waals surface area contributed by atoms with Gasteiger partial charge in [-0.2, -0.15) is 0 Å². The smallest absolute Gasteiger partial charge is 0.0812 e. The van der Waals surface area contributed by atoms with Crippen molar-refractivity contribution in [2.24, 2.45) is 5.41 Å². The van der Waals surface area contributed by atoms with E-state index in [0.717, 1.165) is 13.1 Å². The molecule has 1 saturated heterocycles. The predicted octanol–water partition coefficient (Wildman–Crippen LogP) is 2.25. The van der Waals surface area contributed by atoms with Crippen LogP contribution in [0.1, 0.15) is 41.5 Å². The molecule has 1 heterocycles. The SMILES string of the molecule is CN1CCN(C)N(C(C)(C)C)C1C(C)(C)C. The Morgan fingerprint density at radius 3 is 1.69 bits per heavy atom. The van der Waals surface area contributed by atoms with Crippen LogP contribution in [0.4, 0.5) is 0 Å². The second-order valence-corrected chi connectivity index (χ2v) is 7.12. The van der Waals surface area contributed by atoms with Gasteiger partial charge in [-0.1, -0.05) is 20.8 Å². The molecule has 0 aliphatic carbocycles. The maximum absolute atomic E-state index is 2.52. The first-order valence-corrected chi connectivity index (χ1v) is 6.26. The van der Waals surface area contributed by atoms with Gasteiger partial charge in [-0.15, -0.1) is 0 Å². The van der Waals surface area contributed by atoms with E-state index in [1.54, 1.807) is 0 Å². The normalized spacial score (nSPS) is 27.4. The van der Waals surface area contributed by atoms with Gasteiger partial charge in [0.05, 0.1) is 6.17 Å². The van der Waals surface area contributed by atoms with Gasteiger partial charge in [0.2, 0.25) is 0 Å². The summed E-state index contributed by atoms with van der Waals surface area (Å²) in [4.78, 5) is 2.48. The fourth-order valence-electron chi connectivity index (χ4n) is 2.81. The number of nitrogens with zero attached hydrogens (tertiary/aromatic N) is 3. The molecule has 0 bridgehead atoms. The average molecular weight is 227 g/mol. The van der Waals surface area contributed by atoms with Crippen LogP contribution in [-0.2, 0) is 0 Å². The van der Waals surface area contributed by atoms with Crippen molar-refractivity contribution in [1.29, 1.82) is 0 Å². The van der Waals surface area contributed by atoms with Crippen LogP contribution in [0.5, 0.6) is 0 Å². The van der Waals surface area contributed by atoms with Crippen molar-refractivity contribution in [3.05, 3.63) is 0 Å². The van der Waals surface area contributed by atoms with E-state index in [9.17, 15) is 0 Å². The van der Waals surface area contributed by atoms with E-state index < -0.39 is 0 Å². The predicted molar refractivity (Wildman–Crippen MR) is 70.1 cm³/mol. The first kappa shape index (κ1) is 13.9. The Hall–Kier alpha value is -0.120. The van der Waals surface area contributed by atoms with Crippen molar-refractivity contribution in [3.8, 4) is 0 Å². The van der Waals surface area contributed by atoms with E-state index in [1.165, 1.54) is 0 Å². The first-order valence-electron chi connectivity index (χ1n) is 6.26. The summed E-state index contributed by atoms with van der Waals surface area (Å²) in [6.45, 7) is 16.1. The van der Waals surface area contributed by atoms with E-state index in [-0.39, 0.29) is 11.0 Å². The number of rotatable bonds is 0. The second-order valence-electron chi connectivity index (χ2n) is 7.12. The van der Waals surface area contributed by atoms with E-state index in [4.69, 9.17) is 0 Å². The van der Waals surface area contributed by atoms with Crippen LogP contribution < -0.4 is 0 Å². The maximum atomic E-state index is 2.52. The van der Waals surface area contributed by atoms with E-state index in [0.29, 0.717) is 6.17 Å². The summed E-state index contributed by atoms with van der Waals surface area (Å²) < 4.78 is 0. The minimum Gasteiger partial charge on any atom is -0.288 e. The lowest BCUT2D eigenvalue weighted by Gasteiger charge is -2.57. The minimum absolute atomic E-state index is 0.168. The van der Waals surface area contributed by atoms with Crippen molar-refractivity contribution >= 4 is 0 Å². The maximum Gasteiger partial charge on any atom is 0.0812 e. The topological polar surface area (TPSA) is 9.72 Å². The molecule has 1 aliphatic rings. The molecule has 0 saturated carbocycles. The lowest BCUT2D eigenvalue weighted by Crippen LogP contribution is -2.69. The molecule has 16 heavy (non-hydrogen) atoms. The molecule has 96 valence electrons. The molecule has 0 amide bonds. The Labute approximate surface area is 101 Å². The van der Waals surface area contributed by atoms with Crippen molar-refractivity contribution in [2.45, 2.75) is 53.2 Å². The molecule has 3 heteroatoms. The standard InChI is InChI=1S/C13H29N3/c1-12(2,3)11-14(7)9-10-15(8)16(11)13(4,5)6/h11H,9-10H2,1-8H3. The van der Waals surface area contributed by atoms with Crippen molar-refractivity contribution in [3.63, 3.8) is 0 Å². The molecular weight excluding hydrogens is 198 g/mol. The number of hydrogen-bond donors (Lipinski definition) is 0. The van der Waals surface area contributed by atoms with Crippen molar-refractivity contribution < 1.29 is 0 Å². The molecular formula is C13H29N3. The first-order chi connectivity index (χ1) is 7.05. The zero-order chi connectivity index (χ0) is 12.7. The van der Waals surface area contributed by atoms with Crippen LogP contribution in [0.25, 0.3) is 0 Å². The third kappa shape index (κ3) is 2.76. The van der Waals surface area contributed by atoms with Gasteiger partial charge in [0.15, 0.2) is 0 Å². The summed E-state index contributed by atoms with van der Waals surface area (Å²) in [5, 5.41) is 4.91. The molecule has 0 aromatic carbocycles. The van der Waals surface area contributed by atoms with E-state index >= 15 is 0 Å². The lowest BCUT2D eigenvalue weighted by atomic mass is 9.88. The summed E-state index contributed by atoms with van der Waals surface area (Å²) >= 11 is 0. The van der Waals surface area contributed by atoms with Crippen LogP contribution in [0, 0.1) is 5.41 Å². The number of hydrazine groups is 1. The van der Waals surface area contributed by atoms with Crippen molar-refractivity contribution in [1.82, 2.24) is 14.9 Å². The van der Waals surface area contributed by atoms with Gasteiger partial charge >= 0.3 is 0 Å². The zero-order valence-corrected chi connectivity index (χ0v) is 12.3. The Bertz CT molecular complexity index is 211. The Balaban J connectivity index is 3.05. The average Bonchev–Trinajstić information content (AvgIpc) is 2.04. The molecule has 0 spiro atoms. The zero-order valence-electron chi connectivity index (χ0n) is 12.3. The molecule has 1 atom stereocenters. The number of likely N-dealkylation sites (N-methyl/N-ethyl adjacent to an activating group) is 2. The van der Waals surface area contributed by atoms with Crippen LogP contribution in [0.15, 0.2) is 0 Å². The van der Waals surface area contributed by atoms with Crippen LogP contribution in [-0.4, -0.2) is 53.8 Å². The summed E-state index contributed by atoms with van der Waals surface area (Å²) in [6.07, 6.45) is 0.464. The molecule has 3 nitrogen and oxygen atoms in total. The van der Waals surface area contributed by atoms with Gasteiger partial charge in [0.1, 0.15) is 0 Å². The highest BCUT2D eigenvalue weighted by Gasteiger charge is 2.43. The third-order valence-electron chi connectivity index (χ3n) is 3.26. The second kappa shape index (κ2) is 4.28. The highest BCUT2D eigenvalue weighted by atomic mass is 15.7. The summed E-state index contributed by atoms with van der Waals surface area (Å²) in [6, 6.07) is 0. The number of hydrogen-bond acceptors (Lipinski definition) is 3. The molecule has 1 aliphatic heterocycles. The van der Waals surface area contributed by atoms with Gasteiger partial charge in [0, 0.05) is 25.7 Å². The van der Waals surface area contributed by atoms with Crippen LogP contribution >= 0.6 is 0 Å². The Morgan fingerprint density at radius 2 is 1.38 bits per heavy atom. The summed E-state index contributed by atoms with van der Waals surface area (Å²) in [7, 11) is 4.44. The molecule has 0 radical (unpaired) electrons. The molecule has 0 aromatic rings. The van der Waals surface area contributed by atoms with Crippen LogP contribution in [0.2, 0.25) is 0 Å². The summed E-state index contributed by atoms with van der Waals surface area (Å²) in [5.74, 6) is 0. The highest BCUT2D eigenvalue weighted by Crippen LogP contribution is 2.34. The van der Waals surface area contributed by atoms with E-state index in [2.05, 4.69) is 70.6 Å². The quantitative estimate of drug-likeness (QED) is 0.628. The van der Waals surface area contributed by atoms with Crippen LogP contribution in [0.3, 0.4) is 0 Å². The third-order valence-corrected chi connectivity index (χ3v) is 3.26. The summed E-state index contributed by atoms with van der Waals surface area (Å²) in [5.41, 5.74) is 0.429. The minimum atomic E-state index is 0.168. The molecule has 1 unspecified atom stereocenters. The molecule has 1 fully saturated rings. The monoisotopic (exact) mass is 227 g/mol. The van der Waals surface area contributed by atoms with Gasteiger partial charge in [0.25, 0.3) is 0 Å². The van der Waals surface area contributed by atoms with E-state index in [1.807, 2.05) is 0 Å². The molecule has 0 aromatic heterocycles. The highest BCUT2D eigenvalue weighted by molar-refractivity contribution is 4.90. The van der Waals surface area contributed by atoms with Gasteiger partial charge < -0.3 is 0 Å².